The maximum atomic E-state index is 12.7. The van der Waals surface area contributed by atoms with E-state index in [1.165, 1.54) is 4.90 Å². The fraction of sp³-hybridized carbons (Fsp3) is 0.167. The lowest BCUT2D eigenvalue weighted by Crippen LogP contribution is -2.37. The molecule has 0 unspecified atom stereocenters. The number of urea groups is 1. The van der Waals surface area contributed by atoms with Gasteiger partial charge in [0, 0.05) is 60.8 Å². The van der Waals surface area contributed by atoms with Gasteiger partial charge in [0.05, 0.1) is 24.1 Å². The van der Waals surface area contributed by atoms with Crippen LogP contribution in [0.5, 0.6) is 0 Å². The molecule has 0 bridgehead atoms. The molecule has 0 atom stereocenters. The summed E-state index contributed by atoms with van der Waals surface area (Å²) in [7, 11) is 3.39. The number of ether oxygens (including phenoxy) is 1. The largest absolute Gasteiger partial charge is 0.456 e. The van der Waals surface area contributed by atoms with E-state index in [0.29, 0.717) is 49.1 Å². The van der Waals surface area contributed by atoms with Crippen LogP contribution in [0, 0.1) is 0 Å². The highest BCUT2D eigenvalue weighted by Gasteiger charge is 2.22. The van der Waals surface area contributed by atoms with E-state index in [1.807, 2.05) is 66.7 Å². The molecule has 1 aliphatic carbocycles. The molecule has 3 aliphatic rings. The minimum absolute atomic E-state index is 0.102. The highest BCUT2D eigenvalue weighted by molar-refractivity contribution is 6.03. The third kappa shape index (κ3) is 5.85. The van der Waals surface area contributed by atoms with E-state index in [0.717, 1.165) is 44.9 Å². The molecule has 7 rings (SSSR count). The third-order valence-corrected chi connectivity index (χ3v) is 7.92. The minimum Gasteiger partial charge on any atom is -0.456 e. The van der Waals surface area contributed by atoms with E-state index < -0.39 is 6.03 Å². The summed E-state index contributed by atoms with van der Waals surface area (Å²) in [5, 5.41) is 6.58. The number of carbonyl (C=O) groups excluding carboxylic acids is 2. The van der Waals surface area contributed by atoms with Crippen molar-refractivity contribution >= 4 is 40.0 Å². The molecule has 2 N–H and O–H groups in total. The number of hydrogen-bond donors (Lipinski definition) is 2. The van der Waals surface area contributed by atoms with Crippen molar-refractivity contribution in [3.05, 3.63) is 103 Å². The lowest BCUT2D eigenvalue weighted by atomic mass is 10.0. The van der Waals surface area contributed by atoms with Gasteiger partial charge in [0.1, 0.15) is 17.3 Å². The van der Waals surface area contributed by atoms with Gasteiger partial charge in [0.15, 0.2) is 5.82 Å². The molecule has 46 heavy (non-hydrogen) atoms. The summed E-state index contributed by atoms with van der Waals surface area (Å²) < 4.78 is 12.0. The SMILES string of the molecule is CN(C)C(=O)c1ccc(NC(=O)Nc2ccc(-c3nc(N4CCOCC4)c4c(-c5ccc6cccc-6o5)cccc4n3)cc2)cc1. The van der Waals surface area contributed by atoms with Crippen LogP contribution in [0.4, 0.5) is 22.0 Å². The summed E-state index contributed by atoms with van der Waals surface area (Å²) in [4.78, 5) is 38.6. The molecule has 0 radical (unpaired) electrons. The van der Waals surface area contributed by atoms with Crippen molar-refractivity contribution < 1.29 is 18.7 Å². The van der Waals surface area contributed by atoms with Crippen LogP contribution in [0.1, 0.15) is 10.4 Å². The number of rotatable bonds is 6. The standard InChI is InChI=1S/C36H32N6O4/c1-41(2)35(43)25-11-16-27(17-12-25)38-36(44)37-26-14-9-24(10-15-26)33-39-29-7-4-6-28(31-18-13-23-5-3-8-30(23)46-31)32(29)34(40-33)42-19-21-45-22-20-42/h3-18H,19-22H2,1-2H3,(H2,37,38,44). The van der Waals surface area contributed by atoms with E-state index in [-0.39, 0.29) is 5.91 Å². The minimum atomic E-state index is -0.395. The molecular formula is C36H32N6O4. The molecule has 0 spiro atoms. The van der Waals surface area contributed by atoms with Crippen molar-refractivity contribution in [1.29, 1.82) is 0 Å². The topological polar surface area (TPSA) is 113 Å². The van der Waals surface area contributed by atoms with Gasteiger partial charge < -0.3 is 29.6 Å². The monoisotopic (exact) mass is 612 g/mol. The van der Waals surface area contributed by atoms with Crippen molar-refractivity contribution in [2.45, 2.75) is 0 Å². The normalized spacial score (nSPS) is 13.1. The lowest BCUT2D eigenvalue weighted by molar-refractivity contribution is 0.0827. The van der Waals surface area contributed by atoms with E-state index in [9.17, 15) is 9.59 Å². The first-order valence-electron chi connectivity index (χ1n) is 15.1. The second kappa shape index (κ2) is 12.3. The van der Waals surface area contributed by atoms with Crippen LogP contribution >= 0.6 is 0 Å². The van der Waals surface area contributed by atoms with E-state index in [2.05, 4.69) is 21.6 Å². The van der Waals surface area contributed by atoms with E-state index >= 15 is 0 Å². The number of carbonyl (C=O) groups is 2. The van der Waals surface area contributed by atoms with Crippen molar-refractivity contribution in [2.75, 3.05) is 55.9 Å². The Morgan fingerprint density at radius 3 is 2.13 bits per heavy atom. The van der Waals surface area contributed by atoms with Crippen LogP contribution in [0.25, 0.3) is 44.9 Å². The Morgan fingerprint density at radius 2 is 1.41 bits per heavy atom. The smallest absolute Gasteiger partial charge is 0.323 e. The molecule has 3 amide bonds. The molecule has 3 heterocycles. The molecule has 230 valence electrons. The zero-order chi connectivity index (χ0) is 31.6. The first kappa shape index (κ1) is 29.0. The molecule has 10 heteroatoms. The van der Waals surface area contributed by atoms with Gasteiger partial charge in [-0.1, -0.05) is 24.3 Å². The van der Waals surface area contributed by atoms with Gasteiger partial charge in [-0.15, -0.1) is 0 Å². The highest BCUT2D eigenvalue weighted by Crippen LogP contribution is 2.38. The van der Waals surface area contributed by atoms with Gasteiger partial charge in [-0.05, 0) is 72.8 Å². The summed E-state index contributed by atoms with van der Waals surface area (Å²) in [6, 6.07) is 29.9. The van der Waals surface area contributed by atoms with Gasteiger partial charge in [0.25, 0.3) is 5.91 Å². The Balaban J connectivity index is 1.16. The molecule has 10 nitrogen and oxygen atoms in total. The molecule has 4 aromatic rings. The van der Waals surface area contributed by atoms with Gasteiger partial charge in [-0.3, -0.25) is 4.79 Å². The number of anilines is 3. The van der Waals surface area contributed by atoms with Crippen LogP contribution in [-0.2, 0) is 4.74 Å². The summed E-state index contributed by atoms with van der Waals surface area (Å²) in [5.41, 5.74) is 5.34. The second-order valence-electron chi connectivity index (χ2n) is 11.2. The summed E-state index contributed by atoms with van der Waals surface area (Å²) in [6.45, 7) is 2.67. The van der Waals surface area contributed by atoms with Gasteiger partial charge in [-0.2, -0.15) is 0 Å². The molecular weight excluding hydrogens is 580 g/mol. The number of nitrogens with zero attached hydrogens (tertiary/aromatic N) is 4. The van der Waals surface area contributed by atoms with E-state index in [4.69, 9.17) is 19.1 Å². The quantitative estimate of drug-likeness (QED) is 0.212. The van der Waals surface area contributed by atoms with Crippen molar-refractivity contribution in [3.63, 3.8) is 0 Å². The zero-order valence-corrected chi connectivity index (χ0v) is 25.5. The van der Waals surface area contributed by atoms with Crippen LogP contribution in [0.2, 0.25) is 0 Å². The van der Waals surface area contributed by atoms with Crippen molar-refractivity contribution in [2.24, 2.45) is 0 Å². The van der Waals surface area contributed by atoms with Gasteiger partial charge in [-0.25, -0.2) is 14.8 Å². The fourth-order valence-electron chi connectivity index (χ4n) is 5.56. The number of benzene rings is 3. The lowest BCUT2D eigenvalue weighted by Gasteiger charge is -2.29. The number of amides is 3. The number of fused-ring (bicyclic) bond motifs is 2. The van der Waals surface area contributed by atoms with Gasteiger partial charge in [0.2, 0.25) is 0 Å². The maximum absolute atomic E-state index is 12.7. The third-order valence-electron chi connectivity index (χ3n) is 7.92. The number of nitrogens with one attached hydrogen (secondary N) is 2. The number of hydrogen-bond acceptors (Lipinski definition) is 7. The number of morpholine rings is 1. The highest BCUT2D eigenvalue weighted by atomic mass is 16.5. The Morgan fingerprint density at radius 1 is 0.739 bits per heavy atom. The average Bonchev–Trinajstić information content (AvgIpc) is 3.56. The Hall–Kier alpha value is -5.74. The predicted molar refractivity (Wildman–Crippen MR) is 179 cm³/mol. The zero-order valence-electron chi connectivity index (χ0n) is 25.5. The predicted octanol–water partition coefficient (Wildman–Crippen LogP) is 6.84. The summed E-state index contributed by atoms with van der Waals surface area (Å²) in [5.74, 6) is 2.89. The van der Waals surface area contributed by atoms with Crippen molar-refractivity contribution in [1.82, 2.24) is 14.9 Å². The van der Waals surface area contributed by atoms with Crippen LogP contribution in [0.15, 0.2) is 101 Å². The molecule has 2 aliphatic heterocycles. The molecule has 1 saturated heterocycles. The summed E-state index contributed by atoms with van der Waals surface area (Å²) in [6.07, 6.45) is 0. The first-order chi connectivity index (χ1) is 22.4. The van der Waals surface area contributed by atoms with Gasteiger partial charge >= 0.3 is 6.03 Å². The number of aromatic nitrogens is 2. The summed E-state index contributed by atoms with van der Waals surface area (Å²) >= 11 is 0. The first-order valence-corrected chi connectivity index (χ1v) is 15.1. The second-order valence-corrected chi connectivity index (χ2v) is 11.2. The Bertz CT molecular complexity index is 2000. The Labute approximate surface area is 266 Å². The molecule has 1 aromatic heterocycles. The van der Waals surface area contributed by atoms with Crippen LogP contribution in [-0.4, -0.2) is 67.2 Å². The molecule has 1 fully saturated rings. The Kier molecular flexibility index (Phi) is 7.78. The van der Waals surface area contributed by atoms with Crippen LogP contribution < -0.4 is 15.5 Å². The molecule has 3 aromatic carbocycles. The van der Waals surface area contributed by atoms with E-state index in [1.54, 1.807) is 38.4 Å². The fourth-order valence-corrected chi connectivity index (χ4v) is 5.56. The maximum Gasteiger partial charge on any atom is 0.323 e. The average molecular weight is 613 g/mol. The van der Waals surface area contributed by atoms with Crippen molar-refractivity contribution in [3.8, 4) is 34.0 Å². The molecule has 0 saturated carbocycles. The van der Waals surface area contributed by atoms with Crippen LogP contribution in [0.3, 0.4) is 0 Å².